The molecular formula is C23H17ClN4O. The molecule has 1 aliphatic rings. The average molecular weight is 401 g/mol. The maximum atomic E-state index is 12.9. The first-order valence-corrected chi connectivity index (χ1v) is 9.75. The van der Waals surface area contributed by atoms with Gasteiger partial charge in [-0.3, -0.25) is 9.78 Å². The number of pyridine rings is 1. The Hall–Kier alpha value is -3.44. The van der Waals surface area contributed by atoms with E-state index < -0.39 is 0 Å². The number of nitrogens with one attached hydrogen (secondary N) is 1. The van der Waals surface area contributed by atoms with E-state index >= 15 is 0 Å². The topological polar surface area (TPSA) is 61.9 Å². The predicted octanol–water partition coefficient (Wildman–Crippen LogP) is 4.84. The molecule has 3 heterocycles. The van der Waals surface area contributed by atoms with Crippen LogP contribution in [-0.2, 0) is 6.42 Å². The van der Waals surface area contributed by atoms with E-state index in [1.54, 1.807) is 6.20 Å². The Labute approximate surface area is 172 Å². The third kappa shape index (κ3) is 3.30. The van der Waals surface area contributed by atoms with Crippen LogP contribution in [0.2, 0.25) is 5.02 Å². The summed E-state index contributed by atoms with van der Waals surface area (Å²) in [5.74, 6) is 0.524. The first-order chi connectivity index (χ1) is 14.2. The van der Waals surface area contributed by atoms with Crippen LogP contribution in [0.3, 0.4) is 0 Å². The van der Waals surface area contributed by atoms with E-state index in [1.165, 1.54) is 5.56 Å². The number of nitrogens with zero attached hydrogens (tertiary/aromatic N) is 3. The number of fused-ring (bicyclic) bond motifs is 2. The number of hydrogen-bond acceptors (Lipinski definition) is 4. The number of aromatic nitrogens is 3. The maximum Gasteiger partial charge on any atom is 0.262 e. The Balaban J connectivity index is 1.57. The third-order valence-corrected chi connectivity index (χ3v) is 5.31. The summed E-state index contributed by atoms with van der Waals surface area (Å²) < 4.78 is 0. The molecular weight excluding hydrogens is 384 g/mol. The molecule has 5 rings (SSSR count). The zero-order chi connectivity index (χ0) is 19.8. The first kappa shape index (κ1) is 17.6. The highest BCUT2D eigenvalue weighted by Crippen LogP contribution is 2.32. The molecule has 0 spiro atoms. The van der Waals surface area contributed by atoms with Crippen LogP contribution in [-0.4, -0.2) is 21.5 Å². The molecule has 0 bridgehead atoms. The van der Waals surface area contributed by atoms with E-state index in [2.05, 4.69) is 21.0 Å². The minimum atomic E-state index is -0.201. The van der Waals surface area contributed by atoms with Crippen molar-refractivity contribution in [3.63, 3.8) is 0 Å². The van der Waals surface area contributed by atoms with Gasteiger partial charge >= 0.3 is 0 Å². The van der Waals surface area contributed by atoms with Crippen LogP contribution >= 0.6 is 11.6 Å². The zero-order valence-electron chi connectivity index (χ0n) is 15.5. The summed E-state index contributed by atoms with van der Waals surface area (Å²) in [6.07, 6.45) is 6.41. The molecule has 2 aromatic heterocycles. The van der Waals surface area contributed by atoms with E-state index in [-0.39, 0.29) is 5.56 Å². The van der Waals surface area contributed by atoms with Gasteiger partial charge in [-0.15, -0.1) is 0 Å². The molecule has 0 radical (unpaired) electrons. The highest BCUT2D eigenvalue weighted by atomic mass is 35.5. The number of halogens is 1. The summed E-state index contributed by atoms with van der Waals surface area (Å²) in [4.78, 5) is 26.9. The lowest BCUT2D eigenvalue weighted by Gasteiger charge is -2.17. The van der Waals surface area contributed by atoms with Crippen molar-refractivity contribution in [3.05, 3.63) is 92.9 Å². The molecule has 5 nitrogen and oxygen atoms in total. The minimum absolute atomic E-state index is 0.201. The van der Waals surface area contributed by atoms with Crippen LogP contribution in [0.25, 0.3) is 23.2 Å². The van der Waals surface area contributed by atoms with Gasteiger partial charge in [0.15, 0.2) is 5.65 Å². The lowest BCUT2D eigenvalue weighted by Crippen LogP contribution is -2.21. The number of anilines is 2. The molecule has 29 heavy (non-hydrogen) atoms. The molecule has 0 amide bonds. The number of aromatic amines is 1. The van der Waals surface area contributed by atoms with Crippen LogP contribution in [0.5, 0.6) is 0 Å². The van der Waals surface area contributed by atoms with Crippen molar-refractivity contribution < 1.29 is 0 Å². The van der Waals surface area contributed by atoms with Crippen LogP contribution in [0, 0.1) is 0 Å². The second kappa shape index (κ2) is 7.18. The largest absolute Gasteiger partial charge is 0.311 e. The normalized spacial score (nSPS) is 13.3. The van der Waals surface area contributed by atoms with Crippen molar-refractivity contribution in [2.75, 3.05) is 11.4 Å². The van der Waals surface area contributed by atoms with Gasteiger partial charge in [0, 0.05) is 23.5 Å². The van der Waals surface area contributed by atoms with Gasteiger partial charge in [-0.25, -0.2) is 4.98 Å². The molecule has 0 atom stereocenters. The summed E-state index contributed by atoms with van der Waals surface area (Å²) in [7, 11) is 0. The smallest absolute Gasteiger partial charge is 0.262 e. The van der Waals surface area contributed by atoms with E-state index in [0.717, 1.165) is 29.8 Å². The average Bonchev–Trinajstić information content (AvgIpc) is 3.16. The van der Waals surface area contributed by atoms with Gasteiger partial charge in [-0.2, -0.15) is 4.98 Å². The minimum Gasteiger partial charge on any atom is -0.311 e. The van der Waals surface area contributed by atoms with Gasteiger partial charge in [-0.05, 0) is 47.4 Å². The predicted molar refractivity (Wildman–Crippen MR) is 118 cm³/mol. The first-order valence-electron chi connectivity index (χ1n) is 9.37. The van der Waals surface area contributed by atoms with Crippen LogP contribution in [0.4, 0.5) is 11.6 Å². The molecule has 0 aliphatic carbocycles. The molecule has 142 valence electrons. The van der Waals surface area contributed by atoms with Gasteiger partial charge in [-0.1, -0.05) is 54.1 Å². The molecule has 0 saturated carbocycles. The number of H-pyrrole nitrogens is 1. The van der Waals surface area contributed by atoms with Gasteiger partial charge in [0.2, 0.25) is 5.95 Å². The Morgan fingerprint density at radius 3 is 2.86 bits per heavy atom. The molecule has 2 aromatic carbocycles. The van der Waals surface area contributed by atoms with Crippen LogP contribution in [0.15, 0.2) is 65.6 Å². The lowest BCUT2D eigenvalue weighted by atomic mass is 10.1. The second-order valence-corrected chi connectivity index (χ2v) is 7.34. The summed E-state index contributed by atoms with van der Waals surface area (Å²) >= 11 is 6.05. The Morgan fingerprint density at radius 1 is 1.07 bits per heavy atom. The fourth-order valence-corrected chi connectivity index (χ4v) is 3.89. The Kier molecular flexibility index (Phi) is 4.37. The number of hydrogen-bond donors (Lipinski definition) is 1. The van der Waals surface area contributed by atoms with Crippen molar-refractivity contribution in [1.29, 1.82) is 0 Å². The van der Waals surface area contributed by atoms with Crippen molar-refractivity contribution >= 4 is 46.4 Å². The third-order valence-electron chi connectivity index (χ3n) is 5.07. The SMILES string of the molecule is O=c1[nH]c(N2CCc3ccccc32)nc2nccc(/C=C/c3cccc(Cl)c3)c12. The van der Waals surface area contributed by atoms with E-state index in [4.69, 9.17) is 11.6 Å². The standard InChI is InChI=1S/C23H17ClN4O/c24-18-6-3-4-15(14-18)8-9-17-10-12-25-21-20(17)22(29)27-23(26-21)28-13-11-16-5-1-2-7-19(16)28/h1-10,12,14H,11,13H2,(H,25,26,27,29)/b9-8+. The van der Waals surface area contributed by atoms with Crippen molar-refractivity contribution in [3.8, 4) is 0 Å². The Morgan fingerprint density at radius 2 is 1.97 bits per heavy atom. The molecule has 0 saturated heterocycles. The molecule has 4 aromatic rings. The Bertz CT molecular complexity index is 1310. The van der Waals surface area contributed by atoms with Gasteiger partial charge in [0.25, 0.3) is 5.56 Å². The number of benzene rings is 2. The monoisotopic (exact) mass is 400 g/mol. The quantitative estimate of drug-likeness (QED) is 0.534. The van der Waals surface area contributed by atoms with E-state index in [0.29, 0.717) is 22.0 Å². The van der Waals surface area contributed by atoms with E-state index in [9.17, 15) is 4.79 Å². The van der Waals surface area contributed by atoms with Gasteiger partial charge < -0.3 is 4.90 Å². The molecule has 1 N–H and O–H groups in total. The molecule has 0 unspecified atom stereocenters. The van der Waals surface area contributed by atoms with Gasteiger partial charge in [0.05, 0.1) is 5.39 Å². The van der Waals surface area contributed by atoms with Gasteiger partial charge in [0.1, 0.15) is 0 Å². The number of rotatable bonds is 3. The molecule has 6 heteroatoms. The second-order valence-electron chi connectivity index (χ2n) is 6.91. The summed E-state index contributed by atoms with van der Waals surface area (Å²) in [5.41, 5.74) is 4.28. The zero-order valence-corrected chi connectivity index (χ0v) is 16.2. The molecule has 0 fully saturated rings. The van der Waals surface area contributed by atoms with Crippen molar-refractivity contribution in [2.24, 2.45) is 0 Å². The fourth-order valence-electron chi connectivity index (χ4n) is 3.70. The molecule has 1 aliphatic heterocycles. The highest BCUT2D eigenvalue weighted by Gasteiger charge is 2.22. The fraction of sp³-hybridized carbons (Fsp3) is 0.0870. The lowest BCUT2D eigenvalue weighted by molar-refractivity contribution is 0.938. The summed E-state index contributed by atoms with van der Waals surface area (Å²) in [6.45, 7) is 0.780. The summed E-state index contributed by atoms with van der Waals surface area (Å²) in [6, 6.07) is 17.5. The van der Waals surface area contributed by atoms with Crippen molar-refractivity contribution in [2.45, 2.75) is 6.42 Å². The highest BCUT2D eigenvalue weighted by molar-refractivity contribution is 6.30. The number of para-hydroxylation sites is 1. The maximum absolute atomic E-state index is 12.9. The van der Waals surface area contributed by atoms with Crippen LogP contribution < -0.4 is 10.5 Å². The van der Waals surface area contributed by atoms with Crippen LogP contribution in [0.1, 0.15) is 16.7 Å². The van der Waals surface area contributed by atoms with Crippen molar-refractivity contribution in [1.82, 2.24) is 15.0 Å². The summed E-state index contributed by atoms with van der Waals surface area (Å²) in [5, 5.41) is 1.14. The van der Waals surface area contributed by atoms with E-state index in [1.807, 2.05) is 65.6 Å².